The molecular weight excluding hydrogens is 238 g/mol. The van der Waals surface area contributed by atoms with Gasteiger partial charge in [0.1, 0.15) is 5.82 Å². The molecule has 2 heterocycles. The lowest BCUT2D eigenvalue weighted by molar-refractivity contribution is 0.127. The van der Waals surface area contributed by atoms with Crippen LogP contribution in [0.4, 0.5) is 5.13 Å². The van der Waals surface area contributed by atoms with Gasteiger partial charge in [-0.05, 0) is 12.3 Å². The Morgan fingerprint density at radius 3 is 3.18 bits per heavy atom. The molecule has 1 aromatic rings. The zero-order chi connectivity index (χ0) is 12.1. The molecule has 17 heavy (non-hydrogen) atoms. The molecule has 0 radical (unpaired) electrons. The Balaban J connectivity index is 1.69. The molecule has 0 aliphatic carbocycles. The van der Waals surface area contributed by atoms with Gasteiger partial charge in [0.15, 0.2) is 0 Å². The standard InChI is InChI=1S/C11H19N3O2S/c1-8(2)5-10-12-11(17-14-10)13-16-7-9-3-4-15-6-9/h8-9H,3-7H2,1-2H3,(H,12,13,14). The van der Waals surface area contributed by atoms with E-state index in [0.29, 0.717) is 18.4 Å². The molecule has 1 saturated heterocycles. The molecule has 0 bridgehead atoms. The zero-order valence-electron chi connectivity index (χ0n) is 10.3. The molecular formula is C11H19N3O2S. The lowest BCUT2D eigenvalue weighted by Crippen LogP contribution is -2.12. The first-order valence-electron chi connectivity index (χ1n) is 6.02. The van der Waals surface area contributed by atoms with Gasteiger partial charge in [-0.3, -0.25) is 4.84 Å². The number of rotatable bonds is 6. The summed E-state index contributed by atoms with van der Waals surface area (Å²) in [5.74, 6) is 1.97. The van der Waals surface area contributed by atoms with Crippen LogP contribution >= 0.6 is 11.5 Å². The van der Waals surface area contributed by atoms with Crippen LogP contribution in [0.1, 0.15) is 26.1 Å². The summed E-state index contributed by atoms with van der Waals surface area (Å²) < 4.78 is 9.54. The molecule has 0 spiro atoms. The SMILES string of the molecule is CC(C)Cc1nsc(NOCC2CCOC2)n1. The minimum Gasteiger partial charge on any atom is -0.381 e. The molecule has 6 heteroatoms. The molecule has 0 aromatic carbocycles. The third-order valence-electron chi connectivity index (χ3n) is 2.56. The van der Waals surface area contributed by atoms with E-state index in [1.807, 2.05) is 0 Å². The first-order valence-corrected chi connectivity index (χ1v) is 6.79. The van der Waals surface area contributed by atoms with Crippen molar-refractivity contribution in [1.82, 2.24) is 9.36 Å². The maximum absolute atomic E-state index is 5.40. The molecule has 1 aromatic heterocycles. The Labute approximate surface area is 106 Å². The molecule has 1 N–H and O–H groups in total. The van der Waals surface area contributed by atoms with E-state index >= 15 is 0 Å². The predicted molar refractivity (Wildman–Crippen MR) is 67.0 cm³/mol. The largest absolute Gasteiger partial charge is 0.381 e. The summed E-state index contributed by atoms with van der Waals surface area (Å²) in [4.78, 5) is 9.75. The van der Waals surface area contributed by atoms with Crippen LogP contribution in [0.2, 0.25) is 0 Å². The Hall–Kier alpha value is -0.720. The van der Waals surface area contributed by atoms with E-state index in [4.69, 9.17) is 9.57 Å². The van der Waals surface area contributed by atoms with E-state index in [0.717, 1.165) is 37.0 Å². The third kappa shape index (κ3) is 4.22. The van der Waals surface area contributed by atoms with Crippen LogP contribution in [-0.4, -0.2) is 29.2 Å². The normalized spacial score (nSPS) is 20.1. The number of nitrogens with one attached hydrogen (secondary N) is 1. The Morgan fingerprint density at radius 2 is 2.47 bits per heavy atom. The molecule has 2 rings (SSSR count). The van der Waals surface area contributed by atoms with Crippen molar-refractivity contribution in [3.05, 3.63) is 5.82 Å². The van der Waals surface area contributed by atoms with Gasteiger partial charge in [0.2, 0.25) is 5.13 Å². The second-order valence-electron chi connectivity index (χ2n) is 4.76. The van der Waals surface area contributed by atoms with E-state index in [2.05, 4.69) is 28.7 Å². The van der Waals surface area contributed by atoms with Gasteiger partial charge in [-0.1, -0.05) is 13.8 Å². The summed E-state index contributed by atoms with van der Waals surface area (Å²) in [6, 6.07) is 0. The van der Waals surface area contributed by atoms with Crippen molar-refractivity contribution in [3.63, 3.8) is 0 Å². The van der Waals surface area contributed by atoms with Gasteiger partial charge in [-0.25, -0.2) is 10.5 Å². The van der Waals surface area contributed by atoms with Crippen LogP contribution in [0.3, 0.4) is 0 Å². The number of hydrogen-bond donors (Lipinski definition) is 1. The van der Waals surface area contributed by atoms with Crippen LogP contribution in [0, 0.1) is 11.8 Å². The Kier molecular flexibility index (Phi) is 4.70. The molecule has 0 amide bonds. The van der Waals surface area contributed by atoms with Gasteiger partial charge in [-0.2, -0.15) is 4.37 Å². The second kappa shape index (κ2) is 6.28. The molecule has 1 atom stereocenters. The van der Waals surface area contributed by atoms with Crippen molar-refractivity contribution >= 4 is 16.7 Å². The van der Waals surface area contributed by atoms with Crippen molar-refractivity contribution in [2.75, 3.05) is 25.3 Å². The van der Waals surface area contributed by atoms with E-state index in [9.17, 15) is 0 Å². The molecule has 5 nitrogen and oxygen atoms in total. The van der Waals surface area contributed by atoms with Gasteiger partial charge in [0.05, 0.1) is 13.2 Å². The Bertz CT molecular complexity index is 337. The van der Waals surface area contributed by atoms with E-state index in [1.54, 1.807) is 0 Å². The van der Waals surface area contributed by atoms with Gasteiger partial charge in [-0.15, -0.1) is 0 Å². The average molecular weight is 257 g/mol. The second-order valence-corrected chi connectivity index (χ2v) is 5.51. The summed E-state index contributed by atoms with van der Waals surface area (Å²) in [7, 11) is 0. The lowest BCUT2D eigenvalue weighted by atomic mass is 10.1. The molecule has 1 fully saturated rings. The quantitative estimate of drug-likeness (QED) is 0.791. The van der Waals surface area contributed by atoms with Crippen LogP contribution in [0.5, 0.6) is 0 Å². The fraction of sp³-hybridized carbons (Fsp3) is 0.818. The molecule has 1 aliphatic heterocycles. The van der Waals surface area contributed by atoms with Crippen LogP contribution in [0.15, 0.2) is 0 Å². The average Bonchev–Trinajstić information content (AvgIpc) is 2.89. The molecule has 1 aliphatic rings. The zero-order valence-corrected chi connectivity index (χ0v) is 11.1. The van der Waals surface area contributed by atoms with Gasteiger partial charge in [0, 0.05) is 30.5 Å². The first kappa shape index (κ1) is 12.7. The highest BCUT2D eigenvalue weighted by Gasteiger charge is 2.16. The van der Waals surface area contributed by atoms with Gasteiger partial charge >= 0.3 is 0 Å². The molecule has 1 unspecified atom stereocenters. The van der Waals surface area contributed by atoms with Crippen LogP contribution in [0.25, 0.3) is 0 Å². The summed E-state index contributed by atoms with van der Waals surface area (Å²) in [5, 5.41) is 0.736. The lowest BCUT2D eigenvalue weighted by Gasteiger charge is -2.07. The highest BCUT2D eigenvalue weighted by Crippen LogP contribution is 2.16. The van der Waals surface area contributed by atoms with E-state index in [-0.39, 0.29) is 0 Å². The summed E-state index contributed by atoms with van der Waals surface area (Å²) in [6.45, 7) is 6.64. The Morgan fingerprint density at radius 1 is 1.59 bits per heavy atom. The third-order valence-corrected chi connectivity index (χ3v) is 3.21. The van der Waals surface area contributed by atoms with Gasteiger partial charge < -0.3 is 4.74 Å². The fourth-order valence-electron chi connectivity index (χ4n) is 1.68. The van der Waals surface area contributed by atoms with Crippen molar-refractivity contribution in [1.29, 1.82) is 0 Å². The predicted octanol–water partition coefficient (Wildman–Crippen LogP) is 2.12. The number of nitrogens with zero attached hydrogens (tertiary/aromatic N) is 2. The molecule has 96 valence electrons. The van der Waals surface area contributed by atoms with E-state index < -0.39 is 0 Å². The van der Waals surface area contributed by atoms with Crippen molar-refractivity contribution in [2.45, 2.75) is 26.7 Å². The van der Waals surface area contributed by atoms with Crippen LogP contribution < -0.4 is 5.48 Å². The smallest absolute Gasteiger partial charge is 0.226 e. The number of aromatic nitrogens is 2. The maximum Gasteiger partial charge on any atom is 0.226 e. The first-order chi connectivity index (χ1) is 8.24. The molecule has 0 saturated carbocycles. The fourth-order valence-corrected chi connectivity index (χ4v) is 2.23. The summed E-state index contributed by atoms with van der Waals surface area (Å²) >= 11 is 1.35. The topological polar surface area (TPSA) is 56.3 Å². The van der Waals surface area contributed by atoms with Gasteiger partial charge in [0.25, 0.3) is 0 Å². The van der Waals surface area contributed by atoms with Crippen molar-refractivity contribution in [3.8, 4) is 0 Å². The van der Waals surface area contributed by atoms with Crippen molar-refractivity contribution < 1.29 is 9.57 Å². The highest BCUT2D eigenvalue weighted by molar-refractivity contribution is 7.09. The monoisotopic (exact) mass is 257 g/mol. The van der Waals surface area contributed by atoms with Crippen LogP contribution in [-0.2, 0) is 16.0 Å². The number of anilines is 1. The maximum atomic E-state index is 5.40. The number of hydrogen-bond acceptors (Lipinski definition) is 6. The summed E-state index contributed by atoms with van der Waals surface area (Å²) in [6.07, 6.45) is 1.99. The minimum absolute atomic E-state index is 0.505. The number of ether oxygens (including phenoxy) is 1. The van der Waals surface area contributed by atoms with E-state index in [1.165, 1.54) is 11.5 Å². The highest BCUT2D eigenvalue weighted by atomic mass is 32.1. The summed E-state index contributed by atoms with van der Waals surface area (Å²) in [5.41, 5.74) is 2.85. The minimum atomic E-state index is 0.505. The van der Waals surface area contributed by atoms with Crippen molar-refractivity contribution in [2.24, 2.45) is 11.8 Å².